The van der Waals surface area contributed by atoms with Gasteiger partial charge in [0, 0.05) is 10.8 Å². The standard InChI is InChI=1S/C50H30O/c1-4-16-36-31(11-1)14-9-21-39(36)48-41-19-7-8-20-42(41)49(40-22-10-15-32-12-2-5-17-37(32)40)44-29-34(23-26-43(44)48)35-25-27-46-45(30-35)50-38-18-6-3-13-33(38)24-28-47(50)51-46/h1-30H. The predicted molar refractivity (Wildman–Crippen MR) is 218 cm³/mol. The van der Waals surface area contributed by atoms with Crippen LogP contribution in [0, 0.1) is 0 Å². The van der Waals surface area contributed by atoms with Crippen molar-refractivity contribution in [3.05, 3.63) is 182 Å². The Kier molecular flexibility index (Phi) is 6.02. The fourth-order valence-electron chi connectivity index (χ4n) is 8.55. The molecular formula is C50H30O. The number of benzene rings is 10. The average molecular weight is 647 g/mol. The number of hydrogen-bond donors (Lipinski definition) is 0. The summed E-state index contributed by atoms with van der Waals surface area (Å²) in [5.74, 6) is 0. The van der Waals surface area contributed by atoms with Gasteiger partial charge in [0.15, 0.2) is 0 Å². The predicted octanol–water partition coefficient (Wildman–Crippen LogP) is 14.4. The Bertz CT molecular complexity index is 3190. The molecule has 0 atom stereocenters. The molecule has 0 radical (unpaired) electrons. The van der Waals surface area contributed by atoms with Crippen LogP contribution in [-0.2, 0) is 0 Å². The number of furan rings is 1. The van der Waals surface area contributed by atoms with Crippen LogP contribution in [0.1, 0.15) is 0 Å². The normalized spacial score (nSPS) is 11.9. The van der Waals surface area contributed by atoms with Crippen molar-refractivity contribution in [1.82, 2.24) is 0 Å². The summed E-state index contributed by atoms with van der Waals surface area (Å²) in [4.78, 5) is 0. The van der Waals surface area contributed by atoms with Crippen LogP contribution in [0.15, 0.2) is 186 Å². The molecule has 0 N–H and O–H groups in total. The van der Waals surface area contributed by atoms with E-state index in [2.05, 4.69) is 182 Å². The van der Waals surface area contributed by atoms with Crippen molar-refractivity contribution in [2.45, 2.75) is 0 Å². The summed E-state index contributed by atoms with van der Waals surface area (Å²) in [5, 5.41) is 14.8. The molecule has 0 aliphatic carbocycles. The molecule has 10 aromatic carbocycles. The maximum atomic E-state index is 6.39. The first-order valence-electron chi connectivity index (χ1n) is 17.6. The van der Waals surface area contributed by atoms with Crippen molar-refractivity contribution >= 4 is 75.8 Å². The molecule has 1 heteroatoms. The SMILES string of the molecule is c1ccc2c(-c3c4ccccc4c(-c4cccc5ccccc45)c4cc(-c5ccc6oc7ccc8ccccc8c7c6c5)ccc34)cccc2c1. The van der Waals surface area contributed by atoms with E-state index in [1.54, 1.807) is 0 Å². The zero-order chi connectivity index (χ0) is 33.5. The minimum Gasteiger partial charge on any atom is -0.456 e. The maximum Gasteiger partial charge on any atom is 0.136 e. The van der Waals surface area contributed by atoms with Crippen LogP contribution in [-0.4, -0.2) is 0 Å². The lowest BCUT2D eigenvalue weighted by Crippen LogP contribution is -1.93. The Balaban J connectivity index is 1.26. The highest BCUT2D eigenvalue weighted by molar-refractivity contribution is 6.26. The van der Waals surface area contributed by atoms with Gasteiger partial charge in [-0.2, -0.15) is 0 Å². The van der Waals surface area contributed by atoms with E-state index >= 15 is 0 Å². The summed E-state index contributed by atoms with van der Waals surface area (Å²) < 4.78 is 6.39. The van der Waals surface area contributed by atoms with Gasteiger partial charge in [0.1, 0.15) is 11.2 Å². The molecule has 11 rings (SSSR count). The van der Waals surface area contributed by atoms with Gasteiger partial charge >= 0.3 is 0 Å². The molecule has 236 valence electrons. The van der Waals surface area contributed by atoms with E-state index in [1.165, 1.54) is 92.6 Å². The number of hydrogen-bond acceptors (Lipinski definition) is 1. The molecule has 0 aliphatic heterocycles. The maximum absolute atomic E-state index is 6.39. The summed E-state index contributed by atoms with van der Waals surface area (Å²) >= 11 is 0. The molecule has 1 nitrogen and oxygen atoms in total. The van der Waals surface area contributed by atoms with Gasteiger partial charge in [-0.25, -0.2) is 0 Å². The van der Waals surface area contributed by atoms with E-state index in [1.807, 2.05) is 0 Å². The monoisotopic (exact) mass is 646 g/mol. The van der Waals surface area contributed by atoms with Crippen LogP contribution >= 0.6 is 0 Å². The highest BCUT2D eigenvalue weighted by atomic mass is 16.3. The van der Waals surface area contributed by atoms with Crippen molar-refractivity contribution in [3.8, 4) is 33.4 Å². The lowest BCUT2D eigenvalue weighted by molar-refractivity contribution is 0.669. The van der Waals surface area contributed by atoms with E-state index in [0.29, 0.717) is 0 Å². The van der Waals surface area contributed by atoms with Gasteiger partial charge in [0.25, 0.3) is 0 Å². The van der Waals surface area contributed by atoms with Gasteiger partial charge in [-0.1, -0.05) is 158 Å². The van der Waals surface area contributed by atoms with Crippen LogP contribution in [0.2, 0.25) is 0 Å². The van der Waals surface area contributed by atoms with E-state index in [4.69, 9.17) is 4.42 Å². The fraction of sp³-hybridized carbons (Fsp3) is 0. The van der Waals surface area contributed by atoms with Gasteiger partial charge < -0.3 is 4.42 Å². The molecule has 1 aromatic heterocycles. The second kappa shape index (κ2) is 10.9. The van der Waals surface area contributed by atoms with Crippen LogP contribution in [0.4, 0.5) is 0 Å². The molecule has 0 spiro atoms. The van der Waals surface area contributed by atoms with Crippen LogP contribution in [0.5, 0.6) is 0 Å². The smallest absolute Gasteiger partial charge is 0.136 e. The Morgan fingerprint density at radius 1 is 0.275 bits per heavy atom. The van der Waals surface area contributed by atoms with Crippen molar-refractivity contribution < 1.29 is 4.42 Å². The first kappa shape index (κ1) is 28.2. The second-order valence-electron chi connectivity index (χ2n) is 13.6. The Morgan fingerprint density at radius 3 is 1.37 bits per heavy atom. The minimum atomic E-state index is 0.909. The van der Waals surface area contributed by atoms with E-state index < -0.39 is 0 Å². The largest absolute Gasteiger partial charge is 0.456 e. The summed E-state index contributed by atoms with van der Waals surface area (Å²) in [6.45, 7) is 0. The zero-order valence-corrected chi connectivity index (χ0v) is 27.7. The molecule has 0 fully saturated rings. The molecule has 0 bridgehead atoms. The second-order valence-corrected chi connectivity index (χ2v) is 13.6. The van der Waals surface area contributed by atoms with E-state index in [-0.39, 0.29) is 0 Å². The highest BCUT2D eigenvalue weighted by Gasteiger charge is 2.20. The molecule has 0 saturated heterocycles. The number of rotatable bonds is 3. The van der Waals surface area contributed by atoms with Crippen LogP contribution in [0.25, 0.3) is 109 Å². The third-order valence-corrected chi connectivity index (χ3v) is 10.8. The van der Waals surface area contributed by atoms with Gasteiger partial charge in [0.05, 0.1) is 0 Å². The Labute approximate surface area is 294 Å². The molecule has 0 amide bonds. The third kappa shape index (κ3) is 4.22. The van der Waals surface area contributed by atoms with Crippen molar-refractivity contribution in [2.75, 3.05) is 0 Å². The van der Waals surface area contributed by atoms with Gasteiger partial charge in [0.2, 0.25) is 0 Å². The summed E-state index contributed by atoms with van der Waals surface area (Å²) in [7, 11) is 0. The topological polar surface area (TPSA) is 13.1 Å². The summed E-state index contributed by atoms with van der Waals surface area (Å²) in [5.41, 5.74) is 9.22. The van der Waals surface area contributed by atoms with Gasteiger partial charge in [-0.15, -0.1) is 0 Å². The molecule has 51 heavy (non-hydrogen) atoms. The highest BCUT2D eigenvalue weighted by Crippen LogP contribution is 2.48. The van der Waals surface area contributed by atoms with Crippen LogP contribution < -0.4 is 0 Å². The molecule has 0 saturated carbocycles. The van der Waals surface area contributed by atoms with Gasteiger partial charge in [-0.05, 0) is 112 Å². The van der Waals surface area contributed by atoms with Crippen molar-refractivity contribution in [3.63, 3.8) is 0 Å². The fourth-order valence-corrected chi connectivity index (χ4v) is 8.55. The molecule has 0 unspecified atom stereocenters. The molecule has 0 aliphatic rings. The Morgan fingerprint density at radius 2 is 0.725 bits per heavy atom. The quantitative estimate of drug-likeness (QED) is 0.174. The van der Waals surface area contributed by atoms with E-state index in [0.717, 1.165) is 16.6 Å². The van der Waals surface area contributed by atoms with Crippen molar-refractivity contribution in [1.29, 1.82) is 0 Å². The zero-order valence-electron chi connectivity index (χ0n) is 27.7. The molecule has 11 aromatic rings. The average Bonchev–Trinajstić information content (AvgIpc) is 3.58. The third-order valence-electron chi connectivity index (χ3n) is 10.8. The first-order chi connectivity index (χ1) is 25.3. The van der Waals surface area contributed by atoms with E-state index in [9.17, 15) is 0 Å². The Hall–Kier alpha value is -6.70. The van der Waals surface area contributed by atoms with Crippen molar-refractivity contribution in [2.24, 2.45) is 0 Å². The van der Waals surface area contributed by atoms with Crippen LogP contribution in [0.3, 0.4) is 0 Å². The van der Waals surface area contributed by atoms with Gasteiger partial charge in [-0.3, -0.25) is 0 Å². The first-order valence-corrected chi connectivity index (χ1v) is 17.6. The lowest BCUT2D eigenvalue weighted by atomic mass is 9.83. The molecule has 1 heterocycles. The number of fused-ring (bicyclic) bond motifs is 9. The lowest BCUT2D eigenvalue weighted by Gasteiger charge is -2.20. The minimum absolute atomic E-state index is 0.909. The summed E-state index contributed by atoms with van der Waals surface area (Å²) in [6, 6.07) is 66.5. The molecular weight excluding hydrogens is 617 g/mol. The summed E-state index contributed by atoms with van der Waals surface area (Å²) in [6.07, 6.45) is 0.